The van der Waals surface area contributed by atoms with E-state index in [2.05, 4.69) is 5.32 Å². The van der Waals surface area contributed by atoms with Crippen LogP contribution in [0.4, 0.5) is 4.79 Å². The van der Waals surface area contributed by atoms with Crippen molar-refractivity contribution in [3.8, 4) is 5.75 Å². The molecular weight excluding hydrogens is 292 g/mol. The predicted octanol–water partition coefficient (Wildman–Crippen LogP) is 3.73. The Morgan fingerprint density at radius 3 is 2.43 bits per heavy atom. The Balaban J connectivity index is 1.82. The molecule has 0 saturated heterocycles. The molecule has 0 heterocycles. The number of benzene rings is 2. The minimum absolute atomic E-state index is 0.00916. The van der Waals surface area contributed by atoms with E-state index < -0.39 is 6.09 Å². The van der Waals surface area contributed by atoms with Gasteiger partial charge in [0.15, 0.2) is 0 Å². The summed E-state index contributed by atoms with van der Waals surface area (Å²) >= 11 is 0. The molecule has 5 heteroatoms. The molecule has 2 aromatic rings. The monoisotopic (exact) mass is 312 g/mol. The maximum absolute atomic E-state index is 11.7. The lowest BCUT2D eigenvalue weighted by Gasteiger charge is -2.09. The van der Waals surface area contributed by atoms with Crippen molar-refractivity contribution < 1.29 is 14.3 Å². The second kappa shape index (κ2) is 8.58. The maximum Gasteiger partial charge on any atom is 0.413 e. The molecule has 1 amide bonds. The van der Waals surface area contributed by atoms with E-state index >= 15 is 0 Å². The number of carbonyl (C=O) groups is 1. The Morgan fingerprint density at radius 1 is 1.09 bits per heavy atom. The number of alkyl carbamates (subject to hydrolysis) is 1. The summed E-state index contributed by atoms with van der Waals surface area (Å²) in [6.45, 7) is 2.86. The van der Waals surface area contributed by atoms with Crippen LogP contribution in [0.2, 0.25) is 0 Å². The van der Waals surface area contributed by atoms with Crippen LogP contribution in [0.5, 0.6) is 5.75 Å². The van der Waals surface area contributed by atoms with Gasteiger partial charge in [0, 0.05) is 5.56 Å². The molecule has 120 valence electrons. The highest BCUT2D eigenvalue weighted by atomic mass is 16.5. The Hall–Kier alpha value is -2.82. The number of amides is 1. The van der Waals surface area contributed by atoms with E-state index in [1.54, 1.807) is 24.3 Å². The van der Waals surface area contributed by atoms with E-state index in [-0.39, 0.29) is 12.4 Å². The van der Waals surface area contributed by atoms with Crippen molar-refractivity contribution >= 4 is 11.9 Å². The van der Waals surface area contributed by atoms with Crippen LogP contribution < -0.4 is 10.1 Å². The van der Waals surface area contributed by atoms with Crippen LogP contribution in [-0.2, 0) is 11.3 Å². The molecule has 2 N–H and O–H groups in total. The van der Waals surface area contributed by atoms with Gasteiger partial charge in [-0.15, -0.1) is 0 Å². The lowest BCUT2D eigenvalue weighted by Crippen LogP contribution is -2.30. The first kappa shape index (κ1) is 16.5. The molecule has 5 nitrogen and oxygen atoms in total. The van der Waals surface area contributed by atoms with Gasteiger partial charge in [0.2, 0.25) is 0 Å². The third-order valence-corrected chi connectivity index (χ3v) is 3.06. The molecule has 0 saturated carbocycles. The van der Waals surface area contributed by atoms with Gasteiger partial charge in [-0.25, -0.2) is 4.79 Å². The molecule has 0 aromatic heterocycles. The first-order valence-electron chi connectivity index (χ1n) is 7.48. The first-order valence-corrected chi connectivity index (χ1v) is 7.48. The van der Waals surface area contributed by atoms with E-state index in [9.17, 15) is 4.79 Å². The summed E-state index contributed by atoms with van der Waals surface area (Å²) in [6.07, 6.45) is 0.289. The summed E-state index contributed by atoms with van der Waals surface area (Å²) in [7, 11) is 0. The van der Waals surface area contributed by atoms with Crippen LogP contribution in [0, 0.1) is 5.41 Å². The predicted molar refractivity (Wildman–Crippen MR) is 88.8 cm³/mol. The van der Waals surface area contributed by atoms with Gasteiger partial charge in [-0.3, -0.25) is 10.7 Å². The van der Waals surface area contributed by atoms with Crippen molar-refractivity contribution in [2.75, 3.05) is 6.61 Å². The fraction of sp³-hybridized carbons (Fsp3) is 0.222. The van der Waals surface area contributed by atoms with Gasteiger partial charge in [0.25, 0.3) is 0 Å². The number of carbonyl (C=O) groups excluding carboxylic acids is 1. The fourth-order valence-corrected chi connectivity index (χ4v) is 1.87. The normalized spacial score (nSPS) is 9.96. The molecule has 0 aliphatic rings. The molecule has 0 spiro atoms. The topological polar surface area (TPSA) is 71.4 Å². The summed E-state index contributed by atoms with van der Waals surface area (Å²) in [5.74, 6) is 0.736. The number of hydrogen-bond acceptors (Lipinski definition) is 4. The van der Waals surface area contributed by atoms with Crippen LogP contribution in [0.15, 0.2) is 54.6 Å². The summed E-state index contributed by atoms with van der Waals surface area (Å²) in [5, 5.41) is 10.3. The third kappa shape index (κ3) is 5.47. The molecule has 0 fully saturated rings. The second-order valence-corrected chi connectivity index (χ2v) is 4.93. The molecule has 0 aliphatic heterocycles. The zero-order valence-electron chi connectivity index (χ0n) is 13.0. The summed E-state index contributed by atoms with van der Waals surface area (Å²) in [6, 6.07) is 16.4. The van der Waals surface area contributed by atoms with Gasteiger partial charge in [0.05, 0.1) is 6.61 Å². The molecule has 0 atom stereocenters. The van der Waals surface area contributed by atoms with Gasteiger partial charge in [-0.1, -0.05) is 37.3 Å². The first-order chi connectivity index (χ1) is 11.2. The fourth-order valence-electron chi connectivity index (χ4n) is 1.87. The second-order valence-electron chi connectivity index (χ2n) is 4.93. The van der Waals surface area contributed by atoms with Gasteiger partial charge in [0.1, 0.15) is 18.2 Å². The summed E-state index contributed by atoms with van der Waals surface area (Å²) in [4.78, 5) is 11.7. The lowest BCUT2D eigenvalue weighted by atomic mass is 10.2. The Kier molecular flexibility index (Phi) is 6.17. The summed E-state index contributed by atoms with van der Waals surface area (Å²) < 4.78 is 10.6. The molecule has 0 aliphatic carbocycles. The van der Waals surface area contributed by atoms with Gasteiger partial charge >= 0.3 is 6.09 Å². The molecule has 2 rings (SSSR count). The Labute approximate surface area is 135 Å². The van der Waals surface area contributed by atoms with Crippen molar-refractivity contribution in [2.24, 2.45) is 0 Å². The highest BCUT2D eigenvalue weighted by molar-refractivity contribution is 6.04. The number of ether oxygens (including phenoxy) is 2. The van der Waals surface area contributed by atoms with Crippen molar-refractivity contribution in [1.82, 2.24) is 5.32 Å². The van der Waals surface area contributed by atoms with Crippen LogP contribution in [-0.4, -0.2) is 18.5 Å². The average molecular weight is 312 g/mol. The van der Waals surface area contributed by atoms with E-state index in [1.807, 2.05) is 37.3 Å². The van der Waals surface area contributed by atoms with Gasteiger partial charge in [-0.05, 0) is 36.2 Å². The van der Waals surface area contributed by atoms with Crippen LogP contribution >= 0.6 is 0 Å². The highest BCUT2D eigenvalue weighted by Crippen LogP contribution is 2.12. The van der Waals surface area contributed by atoms with Crippen LogP contribution in [0.1, 0.15) is 24.5 Å². The number of amidine groups is 1. The summed E-state index contributed by atoms with van der Waals surface area (Å²) in [5.41, 5.74) is 1.48. The minimum Gasteiger partial charge on any atom is -0.494 e. The zero-order valence-corrected chi connectivity index (χ0v) is 13.0. The number of hydrogen-bond donors (Lipinski definition) is 2. The standard InChI is InChI=1S/C18H20N2O3/c1-2-12-22-16-10-8-15(9-11-16)17(19)20-18(21)23-13-14-6-4-3-5-7-14/h3-11H,2,12-13H2,1H3,(H2,19,20,21). The quantitative estimate of drug-likeness (QED) is 0.630. The van der Waals surface area contributed by atoms with E-state index in [1.165, 1.54) is 0 Å². The largest absolute Gasteiger partial charge is 0.494 e. The maximum atomic E-state index is 11.7. The molecular formula is C18H20N2O3. The lowest BCUT2D eigenvalue weighted by molar-refractivity contribution is 0.145. The van der Waals surface area contributed by atoms with Gasteiger partial charge in [-0.2, -0.15) is 0 Å². The van der Waals surface area contributed by atoms with Crippen molar-refractivity contribution in [3.05, 3.63) is 65.7 Å². The van der Waals surface area contributed by atoms with Crippen molar-refractivity contribution in [1.29, 1.82) is 5.41 Å². The minimum atomic E-state index is -0.648. The number of nitrogens with one attached hydrogen (secondary N) is 2. The molecule has 0 radical (unpaired) electrons. The molecule has 0 bridgehead atoms. The van der Waals surface area contributed by atoms with Crippen LogP contribution in [0.25, 0.3) is 0 Å². The molecule has 23 heavy (non-hydrogen) atoms. The van der Waals surface area contributed by atoms with Crippen molar-refractivity contribution in [2.45, 2.75) is 20.0 Å². The van der Waals surface area contributed by atoms with E-state index in [0.717, 1.165) is 17.7 Å². The smallest absolute Gasteiger partial charge is 0.413 e. The highest BCUT2D eigenvalue weighted by Gasteiger charge is 2.08. The zero-order chi connectivity index (χ0) is 16.5. The SMILES string of the molecule is CCCOc1ccc(C(=N)NC(=O)OCc2ccccc2)cc1. The Bertz CT molecular complexity index is 639. The Morgan fingerprint density at radius 2 is 1.78 bits per heavy atom. The average Bonchev–Trinajstić information content (AvgIpc) is 2.59. The van der Waals surface area contributed by atoms with Crippen molar-refractivity contribution in [3.63, 3.8) is 0 Å². The van der Waals surface area contributed by atoms with E-state index in [4.69, 9.17) is 14.9 Å². The van der Waals surface area contributed by atoms with E-state index in [0.29, 0.717) is 12.2 Å². The molecule has 2 aromatic carbocycles. The number of rotatable bonds is 6. The van der Waals surface area contributed by atoms with Gasteiger partial charge < -0.3 is 9.47 Å². The third-order valence-electron chi connectivity index (χ3n) is 3.06. The molecule has 0 unspecified atom stereocenters. The van der Waals surface area contributed by atoms with Crippen LogP contribution in [0.3, 0.4) is 0 Å².